The average Bonchev–Trinajstić information content (AvgIpc) is 2.66. The molecule has 1 saturated heterocycles. The number of aryl methyl sites for hydroxylation is 1. The van der Waals surface area contributed by atoms with Gasteiger partial charge in [-0.05, 0) is 38.0 Å². The van der Waals surface area contributed by atoms with Crippen LogP contribution in [-0.2, 0) is 11.0 Å². The van der Waals surface area contributed by atoms with Crippen LogP contribution in [0.15, 0.2) is 36.5 Å². The van der Waals surface area contributed by atoms with Crippen molar-refractivity contribution in [3.05, 3.63) is 47.9 Å². The number of carbonyl (C=O) groups excluding carboxylic acids is 1. The molecule has 1 aromatic heterocycles. The van der Waals surface area contributed by atoms with Crippen LogP contribution in [0.4, 0.5) is 13.2 Å². The van der Waals surface area contributed by atoms with E-state index in [0.717, 1.165) is 25.0 Å². The van der Waals surface area contributed by atoms with Crippen LogP contribution >= 0.6 is 0 Å². The van der Waals surface area contributed by atoms with Crippen LogP contribution in [0.2, 0.25) is 0 Å². The molecule has 0 saturated carbocycles. The van der Waals surface area contributed by atoms with E-state index in [0.29, 0.717) is 24.8 Å². The fourth-order valence-electron chi connectivity index (χ4n) is 2.93. The van der Waals surface area contributed by atoms with Crippen LogP contribution in [0.3, 0.4) is 0 Å². The first-order chi connectivity index (χ1) is 13.3. The minimum atomic E-state index is -4.46. The Labute approximate surface area is 160 Å². The van der Waals surface area contributed by atoms with Gasteiger partial charge >= 0.3 is 6.18 Å². The van der Waals surface area contributed by atoms with E-state index >= 15 is 0 Å². The Morgan fingerprint density at radius 1 is 1.32 bits per heavy atom. The van der Waals surface area contributed by atoms with Gasteiger partial charge in [-0.25, -0.2) is 4.98 Å². The van der Waals surface area contributed by atoms with E-state index in [1.165, 1.54) is 12.1 Å². The van der Waals surface area contributed by atoms with Crippen molar-refractivity contribution in [1.82, 2.24) is 14.9 Å². The van der Waals surface area contributed by atoms with Crippen LogP contribution in [0.1, 0.15) is 24.2 Å². The van der Waals surface area contributed by atoms with Crippen molar-refractivity contribution in [2.45, 2.75) is 32.0 Å². The molecule has 1 aliphatic rings. The second-order valence-electron chi connectivity index (χ2n) is 6.48. The topological polar surface area (TPSA) is 64.5 Å². The highest BCUT2D eigenvalue weighted by Gasteiger charge is 2.31. The first-order valence-corrected chi connectivity index (χ1v) is 8.85. The number of likely N-dealkylation sites (tertiary alicyclic amines) is 1. The molecule has 1 aliphatic heterocycles. The first kappa shape index (κ1) is 19.9. The van der Waals surface area contributed by atoms with E-state index in [-0.39, 0.29) is 24.4 Å². The molecule has 0 N–H and O–H groups in total. The quantitative estimate of drug-likeness (QED) is 0.778. The number of alkyl halides is 3. The van der Waals surface area contributed by atoms with E-state index in [2.05, 4.69) is 9.97 Å². The van der Waals surface area contributed by atoms with Gasteiger partial charge in [-0.2, -0.15) is 18.2 Å². The number of halogens is 3. The Bertz CT molecular complexity index is 829. The summed E-state index contributed by atoms with van der Waals surface area (Å²) in [5.74, 6) is 0.747. The van der Waals surface area contributed by atoms with Crippen molar-refractivity contribution >= 4 is 5.91 Å². The Morgan fingerprint density at radius 3 is 2.89 bits per heavy atom. The highest BCUT2D eigenvalue weighted by molar-refractivity contribution is 5.77. The lowest BCUT2D eigenvalue weighted by molar-refractivity contribution is -0.137. The molecule has 0 radical (unpaired) electrons. The Morgan fingerprint density at radius 2 is 2.14 bits per heavy atom. The smallest absolute Gasteiger partial charge is 0.416 e. The fraction of sp³-hybridized carbons (Fsp3) is 0.421. The molecule has 28 heavy (non-hydrogen) atoms. The predicted molar refractivity (Wildman–Crippen MR) is 93.9 cm³/mol. The third-order valence-electron chi connectivity index (χ3n) is 4.29. The standard InChI is InChI=1S/C19H20F3N3O3/c1-13-23-8-7-17(24-13)28-16-6-3-9-25(11-16)18(26)12-27-15-5-2-4-14(10-15)19(20,21)22/h2,4-5,7-8,10,16H,3,6,9,11-12H2,1H3/t16-/m1/s1. The maximum Gasteiger partial charge on any atom is 0.416 e. The number of ether oxygens (including phenoxy) is 2. The van der Waals surface area contributed by atoms with Crippen molar-refractivity contribution in [2.24, 2.45) is 0 Å². The normalized spacial score (nSPS) is 17.3. The van der Waals surface area contributed by atoms with E-state index in [9.17, 15) is 18.0 Å². The largest absolute Gasteiger partial charge is 0.484 e. The molecule has 1 fully saturated rings. The van der Waals surface area contributed by atoms with Gasteiger partial charge in [0, 0.05) is 18.8 Å². The lowest BCUT2D eigenvalue weighted by Crippen LogP contribution is -2.46. The SMILES string of the molecule is Cc1nccc(O[C@@H]2CCCN(C(=O)COc3cccc(C(F)(F)F)c3)C2)n1. The van der Waals surface area contributed by atoms with E-state index in [1.807, 2.05) is 0 Å². The fourth-order valence-corrected chi connectivity index (χ4v) is 2.93. The van der Waals surface area contributed by atoms with Crippen LogP contribution in [0, 0.1) is 6.92 Å². The maximum absolute atomic E-state index is 12.8. The molecular formula is C19H20F3N3O3. The summed E-state index contributed by atoms with van der Waals surface area (Å²) in [5.41, 5.74) is -0.816. The Kier molecular flexibility index (Phi) is 6.01. The lowest BCUT2D eigenvalue weighted by atomic mass is 10.1. The van der Waals surface area contributed by atoms with Gasteiger partial charge in [0.05, 0.1) is 12.1 Å². The highest BCUT2D eigenvalue weighted by Crippen LogP contribution is 2.31. The molecule has 2 aromatic rings. The van der Waals surface area contributed by atoms with Gasteiger partial charge in [0.1, 0.15) is 17.7 Å². The zero-order valence-electron chi connectivity index (χ0n) is 15.3. The number of hydrogen-bond acceptors (Lipinski definition) is 5. The molecule has 0 bridgehead atoms. The van der Waals surface area contributed by atoms with Gasteiger partial charge < -0.3 is 14.4 Å². The first-order valence-electron chi connectivity index (χ1n) is 8.85. The van der Waals surface area contributed by atoms with E-state index in [4.69, 9.17) is 9.47 Å². The maximum atomic E-state index is 12.8. The average molecular weight is 395 g/mol. The monoisotopic (exact) mass is 395 g/mol. The second kappa shape index (κ2) is 8.45. The van der Waals surface area contributed by atoms with Gasteiger partial charge in [0.15, 0.2) is 6.61 Å². The third-order valence-corrected chi connectivity index (χ3v) is 4.29. The molecule has 1 amide bonds. The molecule has 0 aliphatic carbocycles. The summed E-state index contributed by atoms with van der Waals surface area (Å²) >= 11 is 0. The summed E-state index contributed by atoms with van der Waals surface area (Å²) in [4.78, 5) is 22.2. The summed E-state index contributed by atoms with van der Waals surface area (Å²) in [5, 5.41) is 0. The number of hydrogen-bond donors (Lipinski definition) is 0. The number of nitrogens with zero attached hydrogens (tertiary/aromatic N) is 3. The molecule has 9 heteroatoms. The molecule has 0 spiro atoms. The number of carbonyl (C=O) groups is 1. The number of rotatable bonds is 5. The summed E-state index contributed by atoms with van der Waals surface area (Å²) < 4.78 is 49.3. The van der Waals surface area contributed by atoms with Gasteiger partial charge in [0.2, 0.25) is 5.88 Å². The lowest BCUT2D eigenvalue weighted by Gasteiger charge is -2.32. The molecule has 150 valence electrons. The van der Waals surface area contributed by atoms with Crippen LogP contribution in [0.5, 0.6) is 11.6 Å². The number of aromatic nitrogens is 2. The molecule has 2 heterocycles. The van der Waals surface area contributed by atoms with Crippen molar-refractivity contribution < 1.29 is 27.4 Å². The molecule has 6 nitrogen and oxygen atoms in total. The highest BCUT2D eigenvalue weighted by atomic mass is 19.4. The van der Waals surface area contributed by atoms with Crippen LogP contribution in [-0.4, -0.2) is 46.6 Å². The van der Waals surface area contributed by atoms with Gasteiger partial charge in [-0.15, -0.1) is 0 Å². The Balaban J connectivity index is 1.54. The minimum Gasteiger partial charge on any atom is -0.484 e. The molecular weight excluding hydrogens is 375 g/mol. The van der Waals surface area contributed by atoms with Crippen molar-refractivity contribution in [1.29, 1.82) is 0 Å². The predicted octanol–water partition coefficient (Wildman–Crippen LogP) is 3.25. The number of piperidine rings is 1. The molecule has 1 atom stereocenters. The van der Waals surface area contributed by atoms with Gasteiger partial charge in [-0.1, -0.05) is 6.07 Å². The second-order valence-corrected chi connectivity index (χ2v) is 6.48. The molecule has 0 unspecified atom stereocenters. The van der Waals surface area contributed by atoms with Gasteiger partial charge in [-0.3, -0.25) is 4.79 Å². The number of amides is 1. The van der Waals surface area contributed by atoms with E-state index in [1.54, 1.807) is 24.1 Å². The van der Waals surface area contributed by atoms with Gasteiger partial charge in [0.25, 0.3) is 5.91 Å². The summed E-state index contributed by atoms with van der Waals surface area (Å²) in [6.45, 7) is 2.34. The zero-order chi connectivity index (χ0) is 20.1. The van der Waals surface area contributed by atoms with Crippen LogP contribution in [0.25, 0.3) is 0 Å². The van der Waals surface area contributed by atoms with E-state index < -0.39 is 11.7 Å². The summed E-state index contributed by atoms with van der Waals surface area (Å²) in [6, 6.07) is 6.13. The molecule has 1 aromatic carbocycles. The van der Waals surface area contributed by atoms with Crippen LogP contribution < -0.4 is 9.47 Å². The van der Waals surface area contributed by atoms with Crippen molar-refractivity contribution in [3.8, 4) is 11.6 Å². The Hall–Kier alpha value is -2.84. The summed E-state index contributed by atoms with van der Waals surface area (Å²) in [6.07, 6.45) is -1.53. The summed E-state index contributed by atoms with van der Waals surface area (Å²) in [7, 11) is 0. The third kappa shape index (κ3) is 5.34. The number of benzene rings is 1. The molecule has 3 rings (SSSR count). The zero-order valence-corrected chi connectivity index (χ0v) is 15.3. The van der Waals surface area contributed by atoms with Crippen molar-refractivity contribution in [3.63, 3.8) is 0 Å². The minimum absolute atomic E-state index is 0.00412. The van der Waals surface area contributed by atoms with Crippen molar-refractivity contribution in [2.75, 3.05) is 19.7 Å².